The Labute approximate surface area is 99.2 Å². The van der Waals surface area contributed by atoms with Crippen molar-refractivity contribution in [2.24, 2.45) is 0 Å². The minimum atomic E-state index is 0. The van der Waals surface area contributed by atoms with Gasteiger partial charge in [0.1, 0.15) is 0 Å². The molecule has 0 aromatic heterocycles. The Balaban J connectivity index is 0. The molecule has 0 bridgehead atoms. The lowest BCUT2D eigenvalue weighted by Gasteiger charge is -2.35. The lowest BCUT2D eigenvalue weighted by atomic mass is 10.2. The summed E-state index contributed by atoms with van der Waals surface area (Å²) in [7, 11) is 0. The normalized spacial score (nSPS) is 10.1. The summed E-state index contributed by atoms with van der Waals surface area (Å²) in [5, 5.41) is 0. The summed E-state index contributed by atoms with van der Waals surface area (Å²) in [6.45, 7) is 17.8. The van der Waals surface area contributed by atoms with E-state index in [1.165, 1.54) is 13.0 Å². The molecule has 0 radical (unpaired) electrons. The summed E-state index contributed by atoms with van der Waals surface area (Å²) < 4.78 is 1.02. The second-order valence-electron chi connectivity index (χ2n) is 3.48. The number of hydrogen-bond acceptors (Lipinski definition) is 0. The standard InChI is InChI=1S/C12H22N.BrH/c1-5-9-13(10-6-2,11-7-3)12-8-4;/h5-7H,1-3,8-12H2,4H3;1H/q+1;/p-1. The fourth-order valence-corrected chi connectivity index (χ4v) is 1.79. The van der Waals surface area contributed by atoms with Gasteiger partial charge < -0.3 is 21.5 Å². The van der Waals surface area contributed by atoms with Gasteiger partial charge in [0.25, 0.3) is 0 Å². The summed E-state index contributed by atoms with van der Waals surface area (Å²) in [4.78, 5) is 0. The van der Waals surface area contributed by atoms with Gasteiger partial charge >= 0.3 is 0 Å². The number of halogens is 1. The van der Waals surface area contributed by atoms with Crippen LogP contribution < -0.4 is 17.0 Å². The SMILES string of the molecule is C=CC[N+](CC=C)(CC=C)CCC.[Br-]. The zero-order valence-corrected chi connectivity index (χ0v) is 10.8. The maximum Gasteiger partial charge on any atom is 0.0975 e. The van der Waals surface area contributed by atoms with E-state index < -0.39 is 0 Å². The van der Waals surface area contributed by atoms with Gasteiger partial charge in [-0.1, -0.05) is 26.7 Å². The van der Waals surface area contributed by atoms with Gasteiger partial charge in [0, 0.05) is 0 Å². The predicted molar refractivity (Wildman–Crippen MR) is 60.6 cm³/mol. The van der Waals surface area contributed by atoms with Crippen molar-refractivity contribution in [3.63, 3.8) is 0 Å². The van der Waals surface area contributed by atoms with Gasteiger partial charge in [0.05, 0.1) is 26.2 Å². The van der Waals surface area contributed by atoms with Crippen LogP contribution in [-0.2, 0) is 0 Å². The summed E-state index contributed by atoms with van der Waals surface area (Å²) in [6, 6.07) is 0. The molecule has 0 aliphatic carbocycles. The Bertz CT molecular complexity index is 149. The molecule has 0 fully saturated rings. The van der Waals surface area contributed by atoms with E-state index in [9.17, 15) is 0 Å². The molecule has 0 N–H and O–H groups in total. The molecule has 0 saturated heterocycles. The highest BCUT2D eigenvalue weighted by molar-refractivity contribution is 4.76. The van der Waals surface area contributed by atoms with Gasteiger partial charge in [-0.3, -0.25) is 0 Å². The van der Waals surface area contributed by atoms with Crippen LogP contribution in [-0.4, -0.2) is 30.7 Å². The Hall–Kier alpha value is -0.340. The molecule has 0 unspecified atom stereocenters. The van der Waals surface area contributed by atoms with Gasteiger partial charge in [-0.15, -0.1) is 0 Å². The van der Waals surface area contributed by atoms with Crippen LogP contribution in [0, 0.1) is 0 Å². The van der Waals surface area contributed by atoms with Crippen molar-refractivity contribution in [3.8, 4) is 0 Å². The maximum absolute atomic E-state index is 3.81. The molecular formula is C12H22BrN. The van der Waals surface area contributed by atoms with E-state index in [1.807, 2.05) is 18.2 Å². The molecule has 0 atom stereocenters. The molecule has 0 heterocycles. The molecule has 0 aromatic rings. The van der Waals surface area contributed by atoms with Gasteiger partial charge in [-0.25, -0.2) is 0 Å². The average Bonchev–Trinajstić information content (AvgIpc) is 2.06. The molecule has 1 nitrogen and oxygen atoms in total. The smallest absolute Gasteiger partial charge is 0.0975 e. The topological polar surface area (TPSA) is 0 Å². The molecule has 0 aromatic carbocycles. The summed E-state index contributed by atoms with van der Waals surface area (Å²) in [5.41, 5.74) is 0. The molecule has 0 rings (SSSR count). The fraction of sp³-hybridized carbons (Fsp3) is 0.500. The second-order valence-corrected chi connectivity index (χ2v) is 3.48. The lowest BCUT2D eigenvalue weighted by molar-refractivity contribution is -0.911. The van der Waals surface area contributed by atoms with Gasteiger partial charge in [-0.05, 0) is 24.6 Å². The molecule has 0 spiro atoms. The highest BCUT2D eigenvalue weighted by atomic mass is 79.9. The van der Waals surface area contributed by atoms with E-state index in [1.54, 1.807) is 0 Å². The minimum absolute atomic E-state index is 0. The van der Waals surface area contributed by atoms with Crippen molar-refractivity contribution < 1.29 is 21.5 Å². The van der Waals surface area contributed by atoms with Crippen molar-refractivity contribution in [1.82, 2.24) is 0 Å². The molecule has 2 heteroatoms. The van der Waals surface area contributed by atoms with Crippen LogP contribution in [0.1, 0.15) is 13.3 Å². The van der Waals surface area contributed by atoms with E-state index in [-0.39, 0.29) is 17.0 Å². The van der Waals surface area contributed by atoms with E-state index >= 15 is 0 Å². The molecule has 0 aliphatic heterocycles. The highest BCUT2D eigenvalue weighted by Gasteiger charge is 2.20. The lowest BCUT2D eigenvalue weighted by Crippen LogP contribution is -3.00. The Kier molecular flexibility index (Phi) is 10.6. The fourth-order valence-electron chi connectivity index (χ4n) is 1.79. The van der Waals surface area contributed by atoms with Crippen molar-refractivity contribution in [2.75, 3.05) is 26.2 Å². The zero-order chi connectivity index (χ0) is 10.2. The Morgan fingerprint density at radius 1 is 0.929 bits per heavy atom. The third-order valence-corrected chi connectivity index (χ3v) is 2.25. The quantitative estimate of drug-likeness (QED) is 0.418. The van der Waals surface area contributed by atoms with Crippen LogP contribution in [0.4, 0.5) is 0 Å². The number of rotatable bonds is 8. The van der Waals surface area contributed by atoms with Gasteiger partial charge in [0.2, 0.25) is 0 Å². The molecule has 82 valence electrons. The van der Waals surface area contributed by atoms with Crippen LogP contribution in [0.5, 0.6) is 0 Å². The van der Waals surface area contributed by atoms with Crippen LogP contribution in [0.3, 0.4) is 0 Å². The number of quaternary nitrogens is 1. The maximum atomic E-state index is 3.81. The molecular weight excluding hydrogens is 238 g/mol. The molecule has 0 saturated carbocycles. The van der Waals surface area contributed by atoms with E-state index in [2.05, 4.69) is 26.7 Å². The second kappa shape index (κ2) is 9.22. The third kappa shape index (κ3) is 5.40. The first-order valence-corrected chi connectivity index (χ1v) is 4.92. The predicted octanol–water partition coefficient (Wildman–Crippen LogP) is -0.225. The van der Waals surface area contributed by atoms with Crippen LogP contribution in [0.15, 0.2) is 38.0 Å². The monoisotopic (exact) mass is 259 g/mol. The first kappa shape index (κ1) is 16.1. The van der Waals surface area contributed by atoms with E-state index in [4.69, 9.17) is 0 Å². The van der Waals surface area contributed by atoms with Crippen molar-refractivity contribution in [2.45, 2.75) is 13.3 Å². The summed E-state index contributed by atoms with van der Waals surface area (Å²) >= 11 is 0. The highest BCUT2D eigenvalue weighted by Crippen LogP contribution is 2.09. The first-order chi connectivity index (χ1) is 6.24. The third-order valence-electron chi connectivity index (χ3n) is 2.25. The largest absolute Gasteiger partial charge is 1.00 e. The van der Waals surface area contributed by atoms with Gasteiger partial charge in [0.15, 0.2) is 0 Å². The Morgan fingerprint density at radius 3 is 1.50 bits per heavy atom. The van der Waals surface area contributed by atoms with Crippen molar-refractivity contribution in [3.05, 3.63) is 38.0 Å². The van der Waals surface area contributed by atoms with Crippen molar-refractivity contribution in [1.29, 1.82) is 0 Å². The van der Waals surface area contributed by atoms with Crippen molar-refractivity contribution >= 4 is 0 Å². The number of nitrogens with zero attached hydrogens (tertiary/aromatic N) is 1. The molecule has 0 amide bonds. The molecule has 14 heavy (non-hydrogen) atoms. The molecule has 0 aliphatic rings. The van der Waals surface area contributed by atoms with E-state index in [0.717, 1.165) is 24.1 Å². The van der Waals surface area contributed by atoms with Crippen LogP contribution >= 0.6 is 0 Å². The first-order valence-electron chi connectivity index (χ1n) is 4.92. The van der Waals surface area contributed by atoms with Crippen LogP contribution in [0.25, 0.3) is 0 Å². The Morgan fingerprint density at radius 2 is 1.29 bits per heavy atom. The zero-order valence-electron chi connectivity index (χ0n) is 9.21. The summed E-state index contributed by atoms with van der Waals surface area (Å²) in [5.74, 6) is 0. The summed E-state index contributed by atoms with van der Waals surface area (Å²) in [6.07, 6.45) is 7.16. The van der Waals surface area contributed by atoms with E-state index in [0.29, 0.717) is 0 Å². The minimum Gasteiger partial charge on any atom is -1.00 e. The average molecular weight is 260 g/mol. The van der Waals surface area contributed by atoms with Gasteiger partial charge in [-0.2, -0.15) is 0 Å². The van der Waals surface area contributed by atoms with Crippen LogP contribution in [0.2, 0.25) is 0 Å². The number of hydrogen-bond donors (Lipinski definition) is 0.